The lowest BCUT2D eigenvalue weighted by atomic mass is 10.1. The van der Waals surface area contributed by atoms with Crippen LogP contribution in [0.5, 0.6) is 0 Å². The van der Waals surface area contributed by atoms with Crippen LogP contribution >= 0.6 is 15.9 Å². The first kappa shape index (κ1) is 18.2. The lowest BCUT2D eigenvalue weighted by molar-refractivity contribution is 0.0342. The van der Waals surface area contributed by atoms with Gasteiger partial charge in [0.2, 0.25) is 0 Å². The minimum atomic E-state index is -0.132. The fourth-order valence-corrected chi connectivity index (χ4v) is 3.78. The Labute approximate surface area is 166 Å². The number of rotatable bonds is 5. The second-order valence-corrected chi connectivity index (χ2v) is 7.56. The number of H-pyrrole nitrogens is 1. The molecule has 0 unspecified atom stereocenters. The van der Waals surface area contributed by atoms with E-state index in [1.807, 2.05) is 18.2 Å². The molecule has 2 heterocycles. The number of nitrogens with zero attached hydrogens (tertiary/aromatic N) is 2. The normalized spacial score (nSPS) is 15.1. The van der Waals surface area contributed by atoms with E-state index in [0.29, 0.717) is 17.6 Å². The molecule has 1 aromatic heterocycles. The number of aromatic amines is 1. The van der Waals surface area contributed by atoms with Gasteiger partial charge in [0.25, 0.3) is 5.91 Å². The molecule has 0 atom stereocenters. The van der Waals surface area contributed by atoms with E-state index in [4.69, 9.17) is 4.74 Å². The molecule has 0 saturated carbocycles. The zero-order chi connectivity index (χ0) is 18.6. The molecule has 0 spiro atoms. The van der Waals surface area contributed by atoms with E-state index in [1.165, 1.54) is 5.56 Å². The minimum absolute atomic E-state index is 0.132. The van der Waals surface area contributed by atoms with Crippen molar-refractivity contribution in [3.63, 3.8) is 0 Å². The average Bonchev–Trinajstić information content (AvgIpc) is 3.15. The number of aromatic nitrogens is 2. The summed E-state index contributed by atoms with van der Waals surface area (Å²) in [5.41, 5.74) is 4.41. The predicted molar refractivity (Wildman–Crippen MR) is 108 cm³/mol. The van der Waals surface area contributed by atoms with Crippen molar-refractivity contribution in [1.29, 1.82) is 0 Å². The number of nitrogens with one attached hydrogen (secondary N) is 2. The molecule has 4 rings (SSSR count). The summed E-state index contributed by atoms with van der Waals surface area (Å²) in [4.78, 5) is 22.4. The van der Waals surface area contributed by atoms with Gasteiger partial charge >= 0.3 is 0 Å². The number of carbonyl (C=O) groups excluding carboxylic acids is 1. The number of imidazole rings is 1. The fraction of sp³-hybridized carbons (Fsp3) is 0.300. The molecule has 0 aliphatic carbocycles. The zero-order valence-corrected chi connectivity index (χ0v) is 16.5. The molecule has 6 nitrogen and oxygen atoms in total. The summed E-state index contributed by atoms with van der Waals surface area (Å²) in [5, 5.41) is 3.01. The Kier molecular flexibility index (Phi) is 5.52. The fourth-order valence-electron chi connectivity index (χ4n) is 3.32. The number of benzene rings is 2. The maximum absolute atomic E-state index is 12.7. The van der Waals surface area contributed by atoms with Gasteiger partial charge in [0.1, 0.15) is 5.52 Å². The van der Waals surface area contributed by atoms with Crippen molar-refractivity contribution in [2.75, 3.05) is 26.3 Å². The molecule has 3 aromatic rings. The van der Waals surface area contributed by atoms with E-state index < -0.39 is 0 Å². The van der Waals surface area contributed by atoms with Crippen LogP contribution in [0.1, 0.15) is 21.5 Å². The van der Waals surface area contributed by atoms with Crippen LogP contribution in [0.25, 0.3) is 11.0 Å². The molecule has 1 aliphatic rings. The van der Waals surface area contributed by atoms with Gasteiger partial charge < -0.3 is 15.0 Å². The third-order valence-corrected chi connectivity index (χ3v) is 5.15. The molecule has 27 heavy (non-hydrogen) atoms. The number of hydrogen-bond donors (Lipinski definition) is 2. The first-order chi connectivity index (χ1) is 13.2. The lowest BCUT2D eigenvalue weighted by Crippen LogP contribution is -2.35. The van der Waals surface area contributed by atoms with Gasteiger partial charge in [0, 0.05) is 30.7 Å². The number of morpholine rings is 1. The van der Waals surface area contributed by atoms with Crippen molar-refractivity contribution < 1.29 is 9.53 Å². The number of halogens is 1. The standard InChI is InChI=1S/C20H21BrN4O2/c21-16-9-17(19-18(10-16)23-13-24-19)20(26)22-11-14-2-1-3-15(8-14)12-25-4-6-27-7-5-25/h1-3,8-10,13H,4-7,11-12H2,(H,22,26)(H,23,24). The quantitative estimate of drug-likeness (QED) is 0.654. The van der Waals surface area contributed by atoms with Crippen molar-refractivity contribution >= 4 is 32.9 Å². The third-order valence-electron chi connectivity index (χ3n) is 4.69. The molecule has 1 saturated heterocycles. The Morgan fingerprint density at radius 1 is 1.22 bits per heavy atom. The van der Waals surface area contributed by atoms with Crippen molar-refractivity contribution in [2.24, 2.45) is 0 Å². The second-order valence-electron chi connectivity index (χ2n) is 6.64. The Morgan fingerprint density at radius 3 is 2.89 bits per heavy atom. The topological polar surface area (TPSA) is 70.2 Å². The van der Waals surface area contributed by atoms with Crippen LogP contribution < -0.4 is 5.32 Å². The summed E-state index contributed by atoms with van der Waals surface area (Å²) in [6.45, 7) is 4.90. The van der Waals surface area contributed by atoms with Gasteiger partial charge in [-0.2, -0.15) is 0 Å². The molecule has 2 N–H and O–H groups in total. The number of hydrogen-bond acceptors (Lipinski definition) is 4. The number of ether oxygens (including phenoxy) is 1. The molecule has 1 aliphatic heterocycles. The van der Waals surface area contributed by atoms with Gasteiger partial charge in [0.15, 0.2) is 0 Å². The molecular formula is C20H21BrN4O2. The Balaban J connectivity index is 1.42. The largest absolute Gasteiger partial charge is 0.379 e. The van der Waals surface area contributed by atoms with Gasteiger partial charge in [-0.1, -0.05) is 40.2 Å². The Morgan fingerprint density at radius 2 is 2.04 bits per heavy atom. The van der Waals surface area contributed by atoms with Gasteiger partial charge in [0.05, 0.1) is 30.6 Å². The lowest BCUT2D eigenvalue weighted by Gasteiger charge is -2.26. The van der Waals surface area contributed by atoms with Crippen LogP contribution in [0.3, 0.4) is 0 Å². The summed E-state index contributed by atoms with van der Waals surface area (Å²) < 4.78 is 6.25. The van der Waals surface area contributed by atoms with E-state index in [9.17, 15) is 4.79 Å². The highest BCUT2D eigenvalue weighted by Gasteiger charge is 2.14. The van der Waals surface area contributed by atoms with E-state index in [2.05, 4.69) is 48.2 Å². The number of carbonyl (C=O) groups is 1. The maximum Gasteiger partial charge on any atom is 0.253 e. The highest BCUT2D eigenvalue weighted by Crippen LogP contribution is 2.21. The molecule has 7 heteroatoms. The minimum Gasteiger partial charge on any atom is -0.379 e. The Bertz CT molecular complexity index is 950. The van der Waals surface area contributed by atoms with Crippen molar-refractivity contribution in [3.05, 3.63) is 63.9 Å². The van der Waals surface area contributed by atoms with Gasteiger partial charge in [-0.15, -0.1) is 0 Å². The first-order valence-electron chi connectivity index (χ1n) is 8.98. The summed E-state index contributed by atoms with van der Waals surface area (Å²) in [7, 11) is 0. The van der Waals surface area contributed by atoms with Crippen LogP contribution in [0.4, 0.5) is 0 Å². The summed E-state index contributed by atoms with van der Waals surface area (Å²) in [6, 6.07) is 12.1. The molecule has 0 radical (unpaired) electrons. The van der Waals surface area contributed by atoms with E-state index in [0.717, 1.165) is 48.4 Å². The second kappa shape index (κ2) is 8.21. The van der Waals surface area contributed by atoms with Crippen molar-refractivity contribution in [2.45, 2.75) is 13.1 Å². The van der Waals surface area contributed by atoms with E-state index in [-0.39, 0.29) is 5.91 Å². The van der Waals surface area contributed by atoms with Crippen LogP contribution in [0.2, 0.25) is 0 Å². The monoisotopic (exact) mass is 428 g/mol. The zero-order valence-electron chi connectivity index (χ0n) is 14.9. The predicted octanol–water partition coefficient (Wildman–Crippen LogP) is 3.09. The summed E-state index contributed by atoms with van der Waals surface area (Å²) in [6.07, 6.45) is 1.60. The van der Waals surface area contributed by atoms with Crippen LogP contribution in [0, 0.1) is 0 Å². The Hall–Kier alpha value is -2.22. The molecular weight excluding hydrogens is 408 g/mol. The van der Waals surface area contributed by atoms with Crippen molar-refractivity contribution in [1.82, 2.24) is 20.2 Å². The molecule has 1 fully saturated rings. The average molecular weight is 429 g/mol. The smallest absolute Gasteiger partial charge is 0.253 e. The van der Waals surface area contributed by atoms with Crippen LogP contribution in [0.15, 0.2) is 47.2 Å². The molecule has 1 amide bonds. The van der Waals surface area contributed by atoms with Gasteiger partial charge in [-0.05, 0) is 23.3 Å². The van der Waals surface area contributed by atoms with Crippen LogP contribution in [-0.4, -0.2) is 47.1 Å². The highest BCUT2D eigenvalue weighted by molar-refractivity contribution is 9.10. The summed E-state index contributed by atoms with van der Waals surface area (Å²) in [5.74, 6) is -0.132. The van der Waals surface area contributed by atoms with E-state index >= 15 is 0 Å². The highest BCUT2D eigenvalue weighted by atomic mass is 79.9. The van der Waals surface area contributed by atoms with E-state index in [1.54, 1.807) is 12.4 Å². The first-order valence-corrected chi connectivity index (χ1v) is 9.77. The summed E-state index contributed by atoms with van der Waals surface area (Å²) >= 11 is 3.45. The maximum atomic E-state index is 12.7. The van der Waals surface area contributed by atoms with Crippen molar-refractivity contribution in [3.8, 4) is 0 Å². The molecule has 2 aromatic carbocycles. The number of fused-ring (bicyclic) bond motifs is 1. The SMILES string of the molecule is O=C(NCc1cccc(CN2CCOCC2)c1)c1cc(Br)cc2[nH]cnc12. The van der Waals surface area contributed by atoms with Gasteiger partial charge in [-0.3, -0.25) is 9.69 Å². The third kappa shape index (κ3) is 4.37. The molecule has 140 valence electrons. The van der Waals surface area contributed by atoms with Crippen LogP contribution in [-0.2, 0) is 17.8 Å². The van der Waals surface area contributed by atoms with Gasteiger partial charge in [-0.25, -0.2) is 4.98 Å². The molecule has 0 bridgehead atoms. The number of amides is 1.